The lowest BCUT2D eigenvalue weighted by molar-refractivity contribution is -0.117. The summed E-state index contributed by atoms with van der Waals surface area (Å²) in [6, 6.07) is 5.99. The molecule has 1 heterocycles. The molecule has 0 atom stereocenters. The van der Waals surface area contributed by atoms with Crippen molar-refractivity contribution in [3.05, 3.63) is 28.2 Å². The van der Waals surface area contributed by atoms with Crippen LogP contribution in [0.2, 0.25) is 0 Å². The quantitative estimate of drug-likeness (QED) is 0.884. The molecule has 1 aliphatic heterocycles. The van der Waals surface area contributed by atoms with E-state index in [4.69, 9.17) is 0 Å². The Balaban J connectivity index is 1.93. The third-order valence-corrected chi connectivity index (χ3v) is 4.02. The number of nitrogens with one attached hydrogen (secondary N) is 2. The Morgan fingerprint density at radius 2 is 2.25 bits per heavy atom. The van der Waals surface area contributed by atoms with E-state index in [0.29, 0.717) is 6.54 Å². The van der Waals surface area contributed by atoms with E-state index >= 15 is 0 Å². The number of aryl methyl sites for hydroxylation is 1. The minimum Gasteiger partial charge on any atom is -0.325 e. The fraction of sp³-hybridized carbons (Fsp3) is 0.533. The number of amides is 1. The van der Waals surface area contributed by atoms with Gasteiger partial charge in [0, 0.05) is 23.2 Å². The van der Waals surface area contributed by atoms with Crippen molar-refractivity contribution in [1.29, 1.82) is 0 Å². The molecule has 0 saturated carbocycles. The number of nitrogens with zero attached hydrogens (tertiary/aromatic N) is 1. The van der Waals surface area contributed by atoms with Crippen LogP contribution in [-0.4, -0.2) is 43.5 Å². The Labute approximate surface area is 129 Å². The molecule has 2 N–H and O–H groups in total. The van der Waals surface area contributed by atoms with Crippen molar-refractivity contribution in [1.82, 2.24) is 10.2 Å². The lowest BCUT2D eigenvalue weighted by Gasteiger charge is -2.19. The van der Waals surface area contributed by atoms with Gasteiger partial charge < -0.3 is 10.6 Å². The van der Waals surface area contributed by atoms with Gasteiger partial charge in [0.1, 0.15) is 0 Å². The molecular formula is C15H22BrN3O. The van der Waals surface area contributed by atoms with Crippen molar-refractivity contribution in [3.63, 3.8) is 0 Å². The first-order valence-corrected chi connectivity index (χ1v) is 7.99. The van der Waals surface area contributed by atoms with E-state index in [2.05, 4.69) is 44.5 Å². The van der Waals surface area contributed by atoms with Gasteiger partial charge in [-0.2, -0.15) is 0 Å². The number of rotatable bonds is 4. The average molecular weight is 340 g/mol. The lowest BCUT2D eigenvalue weighted by atomic mass is 10.1. The maximum absolute atomic E-state index is 12.2. The monoisotopic (exact) mass is 339 g/mol. The molecule has 0 spiro atoms. The van der Waals surface area contributed by atoms with E-state index in [1.54, 1.807) is 0 Å². The summed E-state index contributed by atoms with van der Waals surface area (Å²) in [5, 5.41) is 6.38. The SMILES string of the molecule is CCc1cc(Br)ccc1NC(=O)CN1CCCNCC1. The third kappa shape index (κ3) is 4.58. The zero-order chi connectivity index (χ0) is 14.4. The Hall–Kier alpha value is -0.910. The predicted molar refractivity (Wildman–Crippen MR) is 86.1 cm³/mol. The molecule has 1 fully saturated rings. The van der Waals surface area contributed by atoms with Gasteiger partial charge in [0.15, 0.2) is 0 Å². The molecule has 110 valence electrons. The fourth-order valence-corrected chi connectivity index (χ4v) is 2.84. The predicted octanol–water partition coefficient (Wildman–Crippen LogP) is 2.25. The number of hydrogen-bond acceptors (Lipinski definition) is 3. The normalized spacial score (nSPS) is 16.7. The van der Waals surface area contributed by atoms with Gasteiger partial charge >= 0.3 is 0 Å². The second-order valence-electron chi connectivity index (χ2n) is 5.08. The maximum atomic E-state index is 12.2. The van der Waals surface area contributed by atoms with Gasteiger partial charge in [0.2, 0.25) is 5.91 Å². The van der Waals surface area contributed by atoms with Crippen LogP contribution in [0, 0.1) is 0 Å². The summed E-state index contributed by atoms with van der Waals surface area (Å²) in [6.07, 6.45) is 2.01. The highest BCUT2D eigenvalue weighted by Gasteiger charge is 2.13. The third-order valence-electron chi connectivity index (χ3n) is 3.52. The number of hydrogen-bond donors (Lipinski definition) is 2. The largest absolute Gasteiger partial charge is 0.325 e. The summed E-state index contributed by atoms with van der Waals surface area (Å²) in [7, 11) is 0. The zero-order valence-electron chi connectivity index (χ0n) is 11.9. The summed E-state index contributed by atoms with van der Waals surface area (Å²) in [4.78, 5) is 14.4. The lowest BCUT2D eigenvalue weighted by Crippen LogP contribution is -2.35. The van der Waals surface area contributed by atoms with E-state index in [9.17, 15) is 4.79 Å². The molecule has 1 aromatic rings. The first-order chi connectivity index (χ1) is 9.69. The molecule has 1 aliphatic rings. The second kappa shape index (κ2) is 7.76. The van der Waals surface area contributed by atoms with Crippen molar-refractivity contribution < 1.29 is 4.79 Å². The van der Waals surface area contributed by atoms with Gasteiger partial charge in [-0.1, -0.05) is 22.9 Å². The number of carbonyl (C=O) groups is 1. The zero-order valence-corrected chi connectivity index (χ0v) is 13.5. The van der Waals surface area contributed by atoms with E-state index in [0.717, 1.165) is 54.7 Å². The molecule has 5 heteroatoms. The highest BCUT2D eigenvalue weighted by Crippen LogP contribution is 2.21. The highest BCUT2D eigenvalue weighted by atomic mass is 79.9. The van der Waals surface area contributed by atoms with Crippen molar-refractivity contribution in [2.24, 2.45) is 0 Å². The summed E-state index contributed by atoms with van der Waals surface area (Å²) in [6.45, 7) is 6.51. The highest BCUT2D eigenvalue weighted by molar-refractivity contribution is 9.10. The van der Waals surface area contributed by atoms with E-state index < -0.39 is 0 Å². The molecule has 0 unspecified atom stereocenters. The van der Waals surface area contributed by atoms with Crippen LogP contribution in [0.25, 0.3) is 0 Å². The van der Waals surface area contributed by atoms with Crippen LogP contribution in [0.15, 0.2) is 22.7 Å². The van der Waals surface area contributed by atoms with Crippen LogP contribution in [0.1, 0.15) is 18.9 Å². The van der Waals surface area contributed by atoms with Crippen LogP contribution in [0.5, 0.6) is 0 Å². The molecule has 1 saturated heterocycles. The van der Waals surface area contributed by atoms with Gasteiger partial charge in [-0.3, -0.25) is 9.69 Å². The molecule has 2 rings (SSSR count). The number of benzene rings is 1. The first-order valence-electron chi connectivity index (χ1n) is 7.20. The Bertz CT molecular complexity index is 456. The van der Waals surface area contributed by atoms with E-state index in [1.165, 1.54) is 0 Å². The molecule has 4 nitrogen and oxygen atoms in total. The van der Waals surface area contributed by atoms with Crippen molar-refractivity contribution >= 4 is 27.5 Å². The van der Waals surface area contributed by atoms with Gasteiger partial charge in [0.05, 0.1) is 6.54 Å². The number of carbonyl (C=O) groups excluding carboxylic acids is 1. The van der Waals surface area contributed by atoms with Gasteiger partial charge in [-0.25, -0.2) is 0 Å². The minimum absolute atomic E-state index is 0.0731. The molecule has 0 aromatic heterocycles. The van der Waals surface area contributed by atoms with Crippen molar-refractivity contribution in [3.8, 4) is 0 Å². The van der Waals surface area contributed by atoms with Crippen molar-refractivity contribution in [2.75, 3.05) is 38.0 Å². The first kappa shape index (κ1) is 15.5. The summed E-state index contributed by atoms with van der Waals surface area (Å²) < 4.78 is 1.05. The topological polar surface area (TPSA) is 44.4 Å². The van der Waals surface area contributed by atoms with Crippen LogP contribution < -0.4 is 10.6 Å². The summed E-state index contributed by atoms with van der Waals surface area (Å²) in [5.41, 5.74) is 2.08. The van der Waals surface area contributed by atoms with Gasteiger partial charge in [-0.15, -0.1) is 0 Å². The van der Waals surface area contributed by atoms with Crippen LogP contribution in [0.3, 0.4) is 0 Å². The molecule has 0 aliphatic carbocycles. The maximum Gasteiger partial charge on any atom is 0.238 e. The second-order valence-corrected chi connectivity index (χ2v) is 6.00. The molecule has 1 amide bonds. The molecule has 1 aromatic carbocycles. The van der Waals surface area contributed by atoms with E-state index in [-0.39, 0.29) is 5.91 Å². The van der Waals surface area contributed by atoms with E-state index in [1.807, 2.05) is 12.1 Å². The van der Waals surface area contributed by atoms with Crippen LogP contribution in [0.4, 0.5) is 5.69 Å². The molecular weight excluding hydrogens is 318 g/mol. The molecule has 0 radical (unpaired) electrons. The average Bonchev–Trinajstić information content (AvgIpc) is 2.69. The van der Waals surface area contributed by atoms with Crippen LogP contribution in [-0.2, 0) is 11.2 Å². The standard InChI is InChI=1S/C15H22BrN3O/c1-2-12-10-13(16)4-5-14(12)18-15(20)11-19-8-3-6-17-7-9-19/h4-5,10,17H,2-3,6-9,11H2,1H3,(H,18,20). The number of halogens is 1. The smallest absolute Gasteiger partial charge is 0.238 e. The minimum atomic E-state index is 0.0731. The van der Waals surface area contributed by atoms with Crippen LogP contribution >= 0.6 is 15.9 Å². The Kier molecular flexibility index (Phi) is 6.01. The fourth-order valence-electron chi connectivity index (χ4n) is 2.43. The summed E-state index contributed by atoms with van der Waals surface area (Å²) in [5.74, 6) is 0.0731. The Morgan fingerprint density at radius 1 is 1.40 bits per heavy atom. The summed E-state index contributed by atoms with van der Waals surface area (Å²) >= 11 is 3.46. The molecule has 20 heavy (non-hydrogen) atoms. The van der Waals surface area contributed by atoms with Gasteiger partial charge in [-0.05, 0) is 49.7 Å². The van der Waals surface area contributed by atoms with Gasteiger partial charge in [0.25, 0.3) is 0 Å². The van der Waals surface area contributed by atoms with Crippen molar-refractivity contribution in [2.45, 2.75) is 19.8 Å². The molecule has 0 bridgehead atoms. The number of anilines is 1. The Morgan fingerprint density at radius 3 is 3.05 bits per heavy atom.